The first-order valence-corrected chi connectivity index (χ1v) is 3.94. The molecule has 0 aromatic rings. The van der Waals surface area contributed by atoms with Gasteiger partial charge in [0.05, 0.1) is 6.61 Å². The molecule has 0 bridgehead atoms. The molecule has 1 unspecified atom stereocenters. The Morgan fingerprint density at radius 2 is 2.08 bits per heavy atom. The summed E-state index contributed by atoms with van der Waals surface area (Å²) in [6, 6.07) is 0. The van der Waals surface area contributed by atoms with Gasteiger partial charge < -0.3 is 24.8 Å². The molecule has 0 amide bonds. The molecular formula is C7H14O5. The van der Waals surface area contributed by atoms with Crippen LogP contribution in [0.1, 0.15) is 6.92 Å². The fraction of sp³-hybridized carbons (Fsp3) is 1.00. The van der Waals surface area contributed by atoms with Gasteiger partial charge in [-0.2, -0.15) is 0 Å². The fourth-order valence-corrected chi connectivity index (χ4v) is 1.15. The molecule has 1 heterocycles. The highest BCUT2D eigenvalue weighted by Gasteiger charge is 2.38. The predicted octanol–water partition coefficient (Wildman–Crippen LogP) is -1.54. The number of hydrogen-bond acceptors (Lipinski definition) is 5. The highest BCUT2D eigenvalue weighted by Crippen LogP contribution is 2.16. The van der Waals surface area contributed by atoms with E-state index in [1.54, 1.807) is 6.92 Å². The molecule has 4 atom stereocenters. The molecule has 0 aliphatic carbocycles. The molecule has 72 valence electrons. The van der Waals surface area contributed by atoms with E-state index in [2.05, 4.69) is 0 Å². The van der Waals surface area contributed by atoms with Gasteiger partial charge in [-0.25, -0.2) is 0 Å². The topological polar surface area (TPSA) is 79.2 Å². The second-order valence-electron chi connectivity index (χ2n) is 2.70. The summed E-state index contributed by atoms with van der Waals surface area (Å²) in [5.74, 6) is 0. The largest absolute Gasteiger partial charge is 0.388 e. The molecule has 1 fully saturated rings. The van der Waals surface area contributed by atoms with E-state index in [1.165, 1.54) is 0 Å². The normalized spacial score (nSPS) is 43.0. The number of aliphatic hydroxyl groups is 3. The summed E-state index contributed by atoms with van der Waals surface area (Å²) in [7, 11) is 0. The SMILES string of the molecule is CCO[C@H]1C(O)OC[C@@H](O)[C@@H]1O. The average Bonchev–Trinajstić information content (AvgIpc) is 2.06. The van der Waals surface area contributed by atoms with Crippen LogP contribution in [-0.4, -0.2) is 53.1 Å². The lowest BCUT2D eigenvalue weighted by Gasteiger charge is -2.34. The third-order valence-corrected chi connectivity index (χ3v) is 1.81. The Morgan fingerprint density at radius 3 is 2.67 bits per heavy atom. The van der Waals surface area contributed by atoms with Crippen LogP contribution in [0.25, 0.3) is 0 Å². The summed E-state index contributed by atoms with van der Waals surface area (Å²) in [4.78, 5) is 0. The molecule has 0 radical (unpaired) electrons. The summed E-state index contributed by atoms with van der Waals surface area (Å²) in [5.41, 5.74) is 0. The Hall–Kier alpha value is -0.200. The zero-order chi connectivity index (χ0) is 9.14. The predicted molar refractivity (Wildman–Crippen MR) is 39.4 cm³/mol. The molecule has 1 rings (SSSR count). The Bertz CT molecular complexity index is 140. The van der Waals surface area contributed by atoms with E-state index >= 15 is 0 Å². The molecule has 3 N–H and O–H groups in total. The van der Waals surface area contributed by atoms with Crippen LogP contribution in [-0.2, 0) is 9.47 Å². The van der Waals surface area contributed by atoms with E-state index in [4.69, 9.17) is 19.7 Å². The summed E-state index contributed by atoms with van der Waals surface area (Å²) >= 11 is 0. The van der Waals surface area contributed by atoms with E-state index in [9.17, 15) is 5.11 Å². The summed E-state index contributed by atoms with van der Waals surface area (Å²) in [5, 5.41) is 27.6. The van der Waals surface area contributed by atoms with E-state index in [0.717, 1.165) is 0 Å². The van der Waals surface area contributed by atoms with Crippen molar-refractivity contribution in [2.75, 3.05) is 13.2 Å². The zero-order valence-corrected chi connectivity index (χ0v) is 6.88. The van der Waals surface area contributed by atoms with Crippen LogP contribution >= 0.6 is 0 Å². The van der Waals surface area contributed by atoms with E-state index in [0.29, 0.717) is 6.61 Å². The van der Waals surface area contributed by atoms with Crippen LogP contribution in [0.3, 0.4) is 0 Å². The van der Waals surface area contributed by atoms with Gasteiger partial charge in [-0.05, 0) is 6.92 Å². The Morgan fingerprint density at radius 1 is 1.42 bits per heavy atom. The molecule has 12 heavy (non-hydrogen) atoms. The van der Waals surface area contributed by atoms with Crippen LogP contribution in [0, 0.1) is 0 Å². The van der Waals surface area contributed by atoms with Gasteiger partial charge in [-0.1, -0.05) is 0 Å². The monoisotopic (exact) mass is 178 g/mol. The number of hydrogen-bond donors (Lipinski definition) is 3. The van der Waals surface area contributed by atoms with E-state index in [-0.39, 0.29) is 6.61 Å². The molecular weight excluding hydrogens is 164 g/mol. The lowest BCUT2D eigenvalue weighted by molar-refractivity contribution is -0.263. The third kappa shape index (κ3) is 1.94. The van der Waals surface area contributed by atoms with Crippen molar-refractivity contribution in [3.8, 4) is 0 Å². The van der Waals surface area contributed by atoms with Crippen molar-refractivity contribution in [1.82, 2.24) is 0 Å². The van der Waals surface area contributed by atoms with E-state index in [1.807, 2.05) is 0 Å². The molecule has 1 aliphatic rings. The Balaban J connectivity index is 2.52. The van der Waals surface area contributed by atoms with Crippen LogP contribution in [0.4, 0.5) is 0 Å². The number of ether oxygens (including phenoxy) is 2. The van der Waals surface area contributed by atoms with Crippen molar-refractivity contribution in [3.05, 3.63) is 0 Å². The van der Waals surface area contributed by atoms with Crippen LogP contribution < -0.4 is 0 Å². The van der Waals surface area contributed by atoms with Crippen molar-refractivity contribution in [2.24, 2.45) is 0 Å². The lowest BCUT2D eigenvalue weighted by atomic mass is 10.1. The first-order valence-electron chi connectivity index (χ1n) is 3.94. The van der Waals surface area contributed by atoms with E-state index < -0.39 is 24.6 Å². The Labute approximate surface area is 70.5 Å². The van der Waals surface area contributed by atoms with Crippen molar-refractivity contribution in [2.45, 2.75) is 31.5 Å². The second-order valence-corrected chi connectivity index (χ2v) is 2.70. The highest BCUT2D eigenvalue weighted by molar-refractivity contribution is 4.82. The standard InChI is InChI=1S/C7H14O5/c1-2-11-6-5(9)4(8)3-12-7(6)10/h4-10H,2-3H2,1H3/t4-,5+,6-,7?/m1/s1. The molecule has 1 saturated heterocycles. The molecule has 0 aromatic heterocycles. The van der Waals surface area contributed by atoms with Gasteiger partial charge in [0.1, 0.15) is 18.3 Å². The Kier molecular flexibility index (Phi) is 3.42. The number of rotatable bonds is 2. The van der Waals surface area contributed by atoms with Gasteiger partial charge in [-0.3, -0.25) is 0 Å². The van der Waals surface area contributed by atoms with Crippen LogP contribution in [0.15, 0.2) is 0 Å². The van der Waals surface area contributed by atoms with Crippen molar-refractivity contribution < 1.29 is 24.8 Å². The van der Waals surface area contributed by atoms with Crippen molar-refractivity contribution in [3.63, 3.8) is 0 Å². The molecule has 0 aromatic carbocycles. The minimum Gasteiger partial charge on any atom is -0.388 e. The third-order valence-electron chi connectivity index (χ3n) is 1.81. The van der Waals surface area contributed by atoms with Crippen molar-refractivity contribution >= 4 is 0 Å². The maximum Gasteiger partial charge on any atom is 0.183 e. The molecule has 0 saturated carbocycles. The van der Waals surface area contributed by atoms with Crippen LogP contribution in [0.5, 0.6) is 0 Å². The first-order chi connectivity index (χ1) is 5.66. The number of aliphatic hydroxyl groups excluding tert-OH is 3. The second kappa shape index (κ2) is 4.15. The quantitative estimate of drug-likeness (QED) is 0.477. The molecule has 5 nitrogen and oxygen atoms in total. The van der Waals surface area contributed by atoms with Crippen molar-refractivity contribution in [1.29, 1.82) is 0 Å². The fourth-order valence-electron chi connectivity index (χ4n) is 1.15. The minimum atomic E-state index is -1.15. The lowest BCUT2D eigenvalue weighted by Crippen LogP contribution is -2.54. The maximum absolute atomic E-state index is 9.32. The summed E-state index contributed by atoms with van der Waals surface area (Å²) in [6.07, 6.45) is -4.05. The van der Waals surface area contributed by atoms with Gasteiger partial charge in [0, 0.05) is 6.61 Å². The maximum atomic E-state index is 9.32. The van der Waals surface area contributed by atoms with Gasteiger partial charge in [0.2, 0.25) is 0 Å². The minimum absolute atomic E-state index is 0.0636. The summed E-state index contributed by atoms with van der Waals surface area (Å²) in [6.45, 7) is 2.03. The van der Waals surface area contributed by atoms with Gasteiger partial charge in [0.15, 0.2) is 6.29 Å². The van der Waals surface area contributed by atoms with Gasteiger partial charge in [0.25, 0.3) is 0 Å². The molecule has 0 spiro atoms. The molecule has 5 heteroatoms. The summed E-state index contributed by atoms with van der Waals surface area (Å²) < 4.78 is 9.74. The van der Waals surface area contributed by atoms with Gasteiger partial charge in [-0.15, -0.1) is 0 Å². The average molecular weight is 178 g/mol. The van der Waals surface area contributed by atoms with Gasteiger partial charge >= 0.3 is 0 Å². The highest BCUT2D eigenvalue weighted by atomic mass is 16.6. The molecule has 1 aliphatic heterocycles. The smallest absolute Gasteiger partial charge is 0.183 e. The first kappa shape index (κ1) is 9.88. The van der Waals surface area contributed by atoms with Crippen LogP contribution in [0.2, 0.25) is 0 Å². The zero-order valence-electron chi connectivity index (χ0n) is 6.88.